The number of urea groups is 1. The van der Waals surface area contributed by atoms with E-state index < -0.39 is 0 Å². The van der Waals surface area contributed by atoms with Crippen molar-refractivity contribution >= 4 is 17.6 Å². The summed E-state index contributed by atoms with van der Waals surface area (Å²) in [7, 11) is 2.02. The first kappa shape index (κ1) is 20.1. The quantitative estimate of drug-likeness (QED) is 0.667. The predicted octanol–water partition coefficient (Wildman–Crippen LogP) is 2.65. The first-order valence-electron chi connectivity index (χ1n) is 9.65. The third-order valence-corrected chi connectivity index (χ3v) is 5.00. The van der Waals surface area contributed by atoms with Gasteiger partial charge in [0, 0.05) is 44.3 Å². The second kappa shape index (κ2) is 10.7. The molecule has 1 aromatic rings. The van der Waals surface area contributed by atoms with Crippen LogP contribution < -0.4 is 20.9 Å². The minimum absolute atomic E-state index is 0.0451. The first-order chi connectivity index (χ1) is 12.6. The maximum Gasteiger partial charge on any atom is 0.315 e. The van der Waals surface area contributed by atoms with Gasteiger partial charge in [-0.1, -0.05) is 37.5 Å². The molecule has 3 amide bonds. The fraction of sp³-hybridized carbons (Fsp3) is 0.600. The highest BCUT2D eigenvalue weighted by molar-refractivity contribution is 5.78. The van der Waals surface area contributed by atoms with Gasteiger partial charge in [-0.2, -0.15) is 0 Å². The summed E-state index contributed by atoms with van der Waals surface area (Å²) in [5, 5.41) is 8.70. The Morgan fingerprint density at radius 1 is 1.12 bits per heavy atom. The summed E-state index contributed by atoms with van der Waals surface area (Å²) < 4.78 is 0. The molecule has 0 aromatic heterocycles. The topological polar surface area (TPSA) is 73.5 Å². The number of amides is 3. The number of hydrogen-bond acceptors (Lipinski definition) is 3. The van der Waals surface area contributed by atoms with Gasteiger partial charge in [0.1, 0.15) is 0 Å². The molecule has 1 saturated carbocycles. The number of carbonyl (C=O) groups excluding carboxylic acids is 2. The highest BCUT2D eigenvalue weighted by atomic mass is 16.2. The van der Waals surface area contributed by atoms with Crippen molar-refractivity contribution < 1.29 is 9.59 Å². The number of benzene rings is 1. The number of para-hydroxylation sites is 1. The lowest BCUT2D eigenvalue weighted by atomic mass is 9.96. The molecule has 1 fully saturated rings. The van der Waals surface area contributed by atoms with Crippen LogP contribution in [0.15, 0.2) is 30.3 Å². The van der Waals surface area contributed by atoms with E-state index in [0.717, 1.165) is 18.5 Å². The Balaban J connectivity index is 1.58. The summed E-state index contributed by atoms with van der Waals surface area (Å²) in [5.74, 6) is -0.0451. The molecule has 1 aromatic carbocycles. The fourth-order valence-corrected chi connectivity index (χ4v) is 3.18. The van der Waals surface area contributed by atoms with E-state index in [1.54, 1.807) is 0 Å². The van der Waals surface area contributed by atoms with Gasteiger partial charge in [-0.25, -0.2) is 4.79 Å². The molecular formula is C20H32N4O2. The summed E-state index contributed by atoms with van der Waals surface area (Å²) >= 11 is 0. The van der Waals surface area contributed by atoms with Gasteiger partial charge in [0.25, 0.3) is 0 Å². The van der Waals surface area contributed by atoms with Gasteiger partial charge in [0.05, 0.1) is 0 Å². The second-order valence-electron chi connectivity index (χ2n) is 7.08. The van der Waals surface area contributed by atoms with Crippen molar-refractivity contribution in [1.82, 2.24) is 16.0 Å². The highest BCUT2D eigenvalue weighted by Gasteiger charge is 2.15. The second-order valence-corrected chi connectivity index (χ2v) is 7.08. The Bertz CT molecular complexity index is 558. The van der Waals surface area contributed by atoms with Crippen LogP contribution in [0.25, 0.3) is 0 Å². The molecule has 3 N–H and O–H groups in total. The molecule has 0 heterocycles. The molecule has 1 atom stereocenters. The lowest BCUT2D eigenvalue weighted by Gasteiger charge is -2.27. The molecule has 2 rings (SSSR count). The van der Waals surface area contributed by atoms with Crippen molar-refractivity contribution in [3.05, 3.63) is 30.3 Å². The monoisotopic (exact) mass is 360 g/mol. The average Bonchev–Trinajstić information content (AvgIpc) is 2.67. The number of anilines is 1. The fourth-order valence-electron chi connectivity index (χ4n) is 3.18. The lowest BCUT2D eigenvalue weighted by molar-refractivity contribution is -0.121. The molecule has 26 heavy (non-hydrogen) atoms. The standard InChI is InChI=1S/C20H32N4O2/c1-16(24(2)18-11-7-4-8-12-18)15-22-19(25)13-14-21-20(26)23-17-9-5-3-6-10-17/h4,7-8,11-12,16-17H,3,5-6,9-10,13-15H2,1-2H3,(H,22,25)(H2,21,23,26). The van der Waals surface area contributed by atoms with Gasteiger partial charge in [-0.15, -0.1) is 0 Å². The van der Waals surface area contributed by atoms with Crippen LogP contribution in [0, 0.1) is 0 Å². The Kier molecular flexibility index (Phi) is 8.25. The highest BCUT2D eigenvalue weighted by Crippen LogP contribution is 2.17. The van der Waals surface area contributed by atoms with E-state index in [1.165, 1.54) is 19.3 Å². The summed E-state index contributed by atoms with van der Waals surface area (Å²) in [4.78, 5) is 26.0. The molecule has 0 bridgehead atoms. The van der Waals surface area contributed by atoms with E-state index in [9.17, 15) is 9.59 Å². The third kappa shape index (κ3) is 6.94. The van der Waals surface area contributed by atoms with E-state index in [2.05, 4.69) is 27.8 Å². The number of carbonyl (C=O) groups is 2. The van der Waals surface area contributed by atoms with Crippen molar-refractivity contribution in [2.45, 2.75) is 57.5 Å². The van der Waals surface area contributed by atoms with Gasteiger partial charge in [-0.05, 0) is 31.9 Å². The maximum atomic E-state index is 12.0. The minimum Gasteiger partial charge on any atom is -0.370 e. The summed E-state index contributed by atoms with van der Waals surface area (Å²) in [6, 6.07) is 10.4. The molecule has 0 aliphatic heterocycles. The number of nitrogens with one attached hydrogen (secondary N) is 3. The Labute approximate surface area is 156 Å². The van der Waals surface area contributed by atoms with Crippen LogP contribution >= 0.6 is 0 Å². The molecule has 144 valence electrons. The molecule has 6 nitrogen and oxygen atoms in total. The van der Waals surface area contributed by atoms with Gasteiger partial charge in [0.2, 0.25) is 5.91 Å². The van der Waals surface area contributed by atoms with Crippen LogP contribution in [0.1, 0.15) is 45.4 Å². The van der Waals surface area contributed by atoms with E-state index >= 15 is 0 Å². The van der Waals surface area contributed by atoms with Crippen LogP contribution in [0.5, 0.6) is 0 Å². The molecule has 0 radical (unpaired) electrons. The van der Waals surface area contributed by atoms with E-state index in [1.807, 2.05) is 37.4 Å². The molecule has 0 spiro atoms. The molecule has 0 saturated heterocycles. The van der Waals surface area contributed by atoms with Gasteiger partial charge in [-0.3, -0.25) is 4.79 Å². The first-order valence-corrected chi connectivity index (χ1v) is 9.65. The van der Waals surface area contributed by atoms with Gasteiger partial charge in [0.15, 0.2) is 0 Å². The Morgan fingerprint density at radius 2 is 1.81 bits per heavy atom. The lowest BCUT2D eigenvalue weighted by Crippen LogP contribution is -2.44. The van der Waals surface area contributed by atoms with E-state index in [4.69, 9.17) is 0 Å². The molecule has 1 unspecified atom stereocenters. The Hall–Kier alpha value is -2.24. The van der Waals surface area contributed by atoms with E-state index in [0.29, 0.717) is 19.5 Å². The summed E-state index contributed by atoms with van der Waals surface area (Å²) in [6.07, 6.45) is 6.03. The summed E-state index contributed by atoms with van der Waals surface area (Å²) in [5.41, 5.74) is 1.12. The molecular weight excluding hydrogens is 328 g/mol. The number of hydrogen-bond donors (Lipinski definition) is 3. The van der Waals surface area contributed by atoms with Crippen molar-refractivity contribution in [3.63, 3.8) is 0 Å². The van der Waals surface area contributed by atoms with Crippen molar-refractivity contribution in [1.29, 1.82) is 0 Å². The smallest absolute Gasteiger partial charge is 0.315 e. The van der Waals surface area contributed by atoms with Crippen LogP contribution in [0.3, 0.4) is 0 Å². The molecule has 1 aliphatic carbocycles. The number of rotatable bonds is 8. The maximum absolute atomic E-state index is 12.0. The van der Waals surface area contributed by atoms with Crippen molar-refractivity contribution in [2.24, 2.45) is 0 Å². The van der Waals surface area contributed by atoms with Crippen LogP contribution in [-0.4, -0.2) is 44.2 Å². The van der Waals surface area contributed by atoms with Crippen molar-refractivity contribution in [2.75, 3.05) is 25.0 Å². The zero-order valence-corrected chi connectivity index (χ0v) is 16.0. The SMILES string of the molecule is CC(CNC(=O)CCNC(=O)NC1CCCCC1)N(C)c1ccccc1. The zero-order valence-electron chi connectivity index (χ0n) is 16.0. The minimum atomic E-state index is -0.165. The number of nitrogens with zero attached hydrogens (tertiary/aromatic N) is 1. The number of likely N-dealkylation sites (N-methyl/N-ethyl adjacent to an activating group) is 1. The summed E-state index contributed by atoms with van der Waals surface area (Å²) in [6.45, 7) is 2.99. The van der Waals surface area contributed by atoms with Crippen LogP contribution in [0.4, 0.5) is 10.5 Å². The third-order valence-electron chi connectivity index (χ3n) is 5.00. The largest absolute Gasteiger partial charge is 0.370 e. The normalized spacial score (nSPS) is 15.8. The average molecular weight is 361 g/mol. The molecule has 1 aliphatic rings. The van der Waals surface area contributed by atoms with Crippen molar-refractivity contribution in [3.8, 4) is 0 Å². The van der Waals surface area contributed by atoms with Gasteiger partial charge >= 0.3 is 6.03 Å². The molecule has 6 heteroatoms. The van der Waals surface area contributed by atoms with Gasteiger partial charge < -0.3 is 20.9 Å². The van der Waals surface area contributed by atoms with Crippen LogP contribution in [0.2, 0.25) is 0 Å². The zero-order chi connectivity index (χ0) is 18.8. The Morgan fingerprint density at radius 3 is 2.50 bits per heavy atom. The van der Waals surface area contributed by atoms with Crippen LogP contribution in [-0.2, 0) is 4.79 Å². The predicted molar refractivity (Wildman–Crippen MR) is 105 cm³/mol. The van der Waals surface area contributed by atoms with E-state index in [-0.39, 0.29) is 24.0 Å².